The quantitative estimate of drug-likeness (QED) is 0.301. The molecule has 0 radical (unpaired) electrons. The van der Waals surface area contributed by atoms with Gasteiger partial charge in [-0.3, -0.25) is 4.57 Å². The monoisotopic (exact) mass is 451 g/mol. The van der Waals surface area contributed by atoms with Gasteiger partial charge < -0.3 is 0 Å². The van der Waals surface area contributed by atoms with E-state index in [2.05, 4.69) is 60.7 Å². The highest BCUT2D eigenvalue weighted by molar-refractivity contribution is 9.11. The standard InChI is InChI=1S/C20H11Br2N3/c21-14-10-11-15(22)19-18(14)23-17-13-8-4-5-9-16(13)25(20(17)24-19)12-6-2-1-3-7-12/h1-11H. The van der Waals surface area contributed by atoms with E-state index >= 15 is 0 Å². The largest absolute Gasteiger partial charge is 0.293 e. The lowest BCUT2D eigenvalue weighted by molar-refractivity contribution is 1.14. The van der Waals surface area contributed by atoms with Gasteiger partial charge in [0, 0.05) is 20.0 Å². The minimum absolute atomic E-state index is 0.849. The first-order chi connectivity index (χ1) is 12.2. The number of rotatable bonds is 1. The van der Waals surface area contributed by atoms with E-state index in [0.29, 0.717) is 0 Å². The first-order valence-electron chi connectivity index (χ1n) is 7.84. The van der Waals surface area contributed by atoms with Crippen molar-refractivity contribution >= 4 is 65.0 Å². The Morgan fingerprint density at radius 3 is 2.04 bits per heavy atom. The average Bonchev–Trinajstić information content (AvgIpc) is 2.98. The van der Waals surface area contributed by atoms with Gasteiger partial charge in [0.1, 0.15) is 16.6 Å². The second kappa shape index (κ2) is 5.64. The van der Waals surface area contributed by atoms with Crippen LogP contribution in [-0.4, -0.2) is 14.5 Å². The molecule has 0 unspecified atom stereocenters. The molecule has 0 amide bonds. The topological polar surface area (TPSA) is 30.7 Å². The maximum atomic E-state index is 4.98. The van der Waals surface area contributed by atoms with Gasteiger partial charge in [-0.25, -0.2) is 9.97 Å². The normalized spacial score (nSPS) is 11.6. The number of aromatic nitrogens is 3. The average molecular weight is 453 g/mol. The molecule has 5 heteroatoms. The lowest BCUT2D eigenvalue weighted by atomic mass is 10.2. The third kappa shape index (κ3) is 2.23. The third-order valence-corrected chi connectivity index (χ3v) is 5.61. The van der Waals surface area contributed by atoms with Crippen LogP contribution in [0.3, 0.4) is 0 Å². The molecule has 0 spiro atoms. The highest BCUT2D eigenvalue weighted by Crippen LogP contribution is 2.34. The Hall–Kier alpha value is -2.24. The van der Waals surface area contributed by atoms with Crippen LogP contribution in [0.1, 0.15) is 0 Å². The van der Waals surface area contributed by atoms with Crippen molar-refractivity contribution in [3.05, 3.63) is 75.7 Å². The van der Waals surface area contributed by atoms with E-state index in [1.54, 1.807) is 0 Å². The fourth-order valence-corrected chi connectivity index (χ4v) is 4.04. The molecule has 3 aromatic carbocycles. The Bertz CT molecular complexity index is 1260. The molecule has 0 bridgehead atoms. The highest BCUT2D eigenvalue weighted by Gasteiger charge is 2.17. The van der Waals surface area contributed by atoms with Crippen LogP contribution < -0.4 is 0 Å². The van der Waals surface area contributed by atoms with E-state index in [9.17, 15) is 0 Å². The van der Waals surface area contributed by atoms with E-state index in [-0.39, 0.29) is 0 Å². The lowest BCUT2D eigenvalue weighted by Gasteiger charge is -2.07. The van der Waals surface area contributed by atoms with Gasteiger partial charge in [-0.05, 0) is 62.2 Å². The summed E-state index contributed by atoms with van der Waals surface area (Å²) in [5.74, 6) is 0. The molecule has 25 heavy (non-hydrogen) atoms. The Kier molecular flexibility index (Phi) is 3.40. The van der Waals surface area contributed by atoms with Gasteiger partial charge in [0.2, 0.25) is 0 Å². The number of fused-ring (bicyclic) bond motifs is 4. The maximum Gasteiger partial charge on any atom is 0.165 e. The Morgan fingerprint density at radius 2 is 1.28 bits per heavy atom. The molecule has 0 saturated heterocycles. The fourth-order valence-electron chi connectivity index (χ4n) is 3.22. The SMILES string of the molecule is Brc1ccc(Br)c2nc3c(nc12)c1ccccc1n3-c1ccccc1. The molecule has 0 saturated carbocycles. The van der Waals surface area contributed by atoms with Crippen LogP contribution in [0, 0.1) is 0 Å². The summed E-state index contributed by atoms with van der Waals surface area (Å²) in [7, 11) is 0. The molecule has 0 N–H and O–H groups in total. The van der Waals surface area contributed by atoms with Crippen molar-refractivity contribution in [1.82, 2.24) is 14.5 Å². The van der Waals surface area contributed by atoms with Gasteiger partial charge in [-0.15, -0.1) is 0 Å². The molecular formula is C20H11Br2N3. The van der Waals surface area contributed by atoms with Crippen LogP contribution in [0.15, 0.2) is 75.7 Å². The van der Waals surface area contributed by atoms with Crippen LogP contribution in [-0.2, 0) is 0 Å². The van der Waals surface area contributed by atoms with Gasteiger partial charge >= 0.3 is 0 Å². The Labute approximate surface area is 160 Å². The Balaban J connectivity index is 2.04. The smallest absolute Gasteiger partial charge is 0.165 e. The van der Waals surface area contributed by atoms with Crippen LogP contribution >= 0.6 is 31.9 Å². The summed E-state index contributed by atoms with van der Waals surface area (Å²) in [6, 6.07) is 22.6. The molecule has 3 nitrogen and oxygen atoms in total. The van der Waals surface area contributed by atoms with Crippen molar-refractivity contribution < 1.29 is 0 Å². The zero-order valence-corrected chi connectivity index (χ0v) is 16.1. The van der Waals surface area contributed by atoms with Gasteiger partial charge in [0.15, 0.2) is 5.65 Å². The zero-order valence-electron chi connectivity index (χ0n) is 12.9. The van der Waals surface area contributed by atoms with E-state index in [1.807, 2.05) is 42.5 Å². The van der Waals surface area contributed by atoms with Crippen molar-refractivity contribution in [1.29, 1.82) is 0 Å². The first kappa shape index (κ1) is 15.0. The minimum Gasteiger partial charge on any atom is -0.293 e. The van der Waals surface area contributed by atoms with E-state index in [0.717, 1.165) is 47.7 Å². The van der Waals surface area contributed by atoms with Gasteiger partial charge in [-0.1, -0.05) is 36.4 Å². The number of para-hydroxylation sites is 2. The predicted molar refractivity (Wildman–Crippen MR) is 109 cm³/mol. The lowest BCUT2D eigenvalue weighted by Crippen LogP contribution is -1.96. The molecular weight excluding hydrogens is 442 g/mol. The van der Waals surface area contributed by atoms with Crippen molar-refractivity contribution in [2.24, 2.45) is 0 Å². The summed E-state index contributed by atoms with van der Waals surface area (Å²) >= 11 is 7.21. The zero-order chi connectivity index (χ0) is 17.0. The van der Waals surface area contributed by atoms with Crippen LogP contribution in [0.2, 0.25) is 0 Å². The number of halogens is 2. The van der Waals surface area contributed by atoms with Crippen LogP contribution in [0.5, 0.6) is 0 Å². The van der Waals surface area contributed by atoms with E-state index in [4.69, 9.17) is 9.97 Å². The molecule has 0 atom stereocenters. The first-order valence-corrected chi connectivity index (χ1v) is 9.43. The summed E-state index contributed by atoms with van der Waals surface area (Å²) in [6.45, 7) is 0. The number of hydrogen-bond donors (Lipinski definition) is 0. The van der Waals surface area contributed by atoms with Crippen LogP contribution in [0.25, 0.3) is 38.8 Å². The van der Waals surface area contributed by atoms with Gasteiger partial charge in [0.05, 0.1) is 5.52 Å². The van der Waals surface area contributed by atoms with Gasteiger partial charge in [0.25, 0.3) is 0 Å². The van der Waals surface area contributed by atoms with Crippen LogP contribution in [0.4, 0.5) is 0 Å². The molecule has 2 aromatic heterocycles. The van der Waals surface area contributed by atoms with Crippen molar-refractivity contribution in [3.63, 3.8) is 0 Å². The van der Waals surface area contributed by atoms with Gasteiger partial charge in [-0.2, -0.15) is 0 Å². The third-order valence-electron chi connectivity index (χ3n) is 4.33. The van der Waals surface area contributed by atoms with E-state index in [1.165, 1.54) is 0 Å². The molecule has 5 aromatic rings. The van der Waals surface area contributed by atoms with Crippen molar-refractivity contribution in [2.45, 2.75) is 0 Å². The second-order valence-electron chi connectivity index (χ2n) is 5.81. The number of hydrogen-bond acceptors (Lipinski definition) is 2. The molecule has 0 aliphatic heterocycles. The maximum absolute atomic E-state index is 4.98. The van der Waals surface area contributed by atoms with Crippen molar-refractivity contribution in [3.8, 4) is 5.69 Å². The second-order valence-corrected chi connectivity index (χ2v) is 7.52. The minimum atomic E-state index is 0.849. The molecule has 0 fully saturated rings. The summed E-state index contributed by atoms with van der Waals surface area (Å²) in [5.41, 5.74) is 5.66. The summed E-state index contributed by atoms with van der Waals surface area (Å²) < 4.78 is 4.05. The Morgan fingerprint density at radius 1 is 0.640 bits per heavy atom. The molecule has 5 rings (SSSR count). The summed E-state index contributed by atoms with van der Waals surface area (Å²) in [6.07, 6.45) is 0. The summed E-state index contributed by atoms with van der Waals surface area (Å²) in [5, 5.41) is 1.10. The predicted octanol–water partition coefficient (Wildman–Crippen LogP) is 6.25. The summed E-state index contributed by atoms with van der Waals surface area (Å²) in [4.78, 5) is 9.93. The molecule has 2 heterocycles. The number of nitrogens with zero attached hydrogens (tertiary/aromatic N) is 3. The molecule has 0 aliphatic rings. The van der Waals surface area contributed by atoms with E-state index < -0.39 is 0 Å². The van der Waals surface area contributed by atoms with Crippen molar-refractivity contribution in [2.75, 3.05) is 0 Å². The fraction of sp³-hybridized carbons (Fsp3) is 0. The number of benzene rings is 3. The molecule has 0 aliphatic carbocycles. The highest BCUT2D eigenvalue weighted by atomic mass is 79.9. The molecule has 120 valence electrons.